The van der Waals surface area contributed by atoms with E-state index in [1.807, 2.05) is 0 Å². The second kappa shape index (κ2) is 4.28. The van der Waals surface area contributed by atoms with Crippen LogP contribution in [0.3, 0.4) is 0 Å². The lowest BCUT2D eigenvalue weighted by Crippen LogP contribution is -1.87. The van der Waals surface area contributed by atoms with Gasteiger partial charge in [0.05, 0.1) is 4.92 Å². The molecule has 1 heterocycles. The summed E-state index contributed by atoms with van der Waals surface area (Å²) in [5.74, 6) is 0. The van der Waals surface area contributed by atoms with Gasteiger partial charge in [0.25, 0.3) is 5.69 Å². The number of nitrogens with zero attached hydrogens (tertiary/aromatic N) is 2. The van der Waals surface area contributed by atoms with E-state index in [4.69, 9.17) is 11.6 Å². The molecule has 2 aromatic rings. The molecule has 0 aliphatic carbocycles. The summed E-state index contributed by atoms with van der Waals surface area (Å²) in [6.45, 7) is 0. The molecular formula is C11H7ClN2O2. The van der Waals surface area contributed by atoms with Crippen molar-refractivity contribution in [3.63, 3.8) is 0 Å². The minimum absolute atomic E-state index is 0.0731. The number of halogens is 1. The standard InChI is InChI=1S/C11H7ClN2O2/c12-11-7-9(5-6-13-11)8-1-3-10(4-2-8)14(15)16/h1-7H. The molecule has 0 saturated heterocycles. The first-order valence-corrected chi connectivity index (χ1v) is 4.91. The molecule has 80 valence electrons. The van der Waals surface area contributed by atoms with Gasteiger partial charge in [-0.3, -0.25) is 10.1 Å². The molecule has 2 rings (SSSR count). The lowest BCUT2D eigenvalue weighted by Gasteiger charge is -2.00. The number of nitro groups is 1. The summed E-state index contributed by atoms with van der Waals surface area (Å²) in [6, 6.07) is 9.80. The van der Waals surface area contributed by atoms with Gasteiger partial charge in [-0.2, -0.15) is 0 Å². The molecule has 0 radical (unpaired) electrons. The summed E-state index contributed by atoms with van der Waals surface area (Å²) in [5, 5.41) is 10.9. The quantitative estimate of drug-likeness (QED) is 0.455. The molecule has 0 amide bonds. The Labute approximate surface area is 96.7 Å². The number of non-ortho nitro benzene ring substituents is 1. The minimum atomic E-state index is -0.427. The summed E-state index contributed by atoms with van der Waals surface area (Å²) in [7, 11) is 0. The molecule has 16 heavy (non-hydrogen) atoms. The van der Waals surface area contributed by atoms with Gasteiger partial charge in [0.1, 0.15) is 5.15 Å². The van der Waals surface area contributed by atoms with Crippen molar-refractivity contribution in [3.8, 4) is 11.1 Å². The van der Waals surface area contributed by atoms with Gasteiger partial charge in [0.2, 0.25) is 0 Å². The van der Waals surface area contributed by atoms with Crippen LogP contribution in [0.15, 0.2) is 42.6 Å². The molecule has 0 aliphatic heterocycles. The third kappa shape index (κ3) is 2.17. The van der Waals surface area contributed by atoms with Crippen molar-refractivity contribution in [2.75, 3.05) is 0 Å². The van der Waals surface area contributed by atoms with Gasteiger partial charge in [-0.05, 0) is 35.4 Å². The van der Waals surface area contributed by atoms with Crippen LogP contribution in [0.1, 0.15) is 0 Å². The van der Waals surface area contributed by atoms with E-state index in [1.54, 1.807) is 30.5 Å². The monoisotopic (exact) mass is 234 g/mol. The SMILES string of the molecule is O=[N+]([O-])c1ccc(-c2ccnc(Cl)c2)cc1. The highest BCUT2D eigenvalue weighted by Gasteiger charge is 2.05. The van der Waals surface area contributed by atoms with Crippen molar-refractivity contribution >= 4 is 17.3 Å². The Morgan fingerprint density at radius 1 is 1.12 bits per heavy atom. The van der Waals surface area contributed by atoms with Crippen molar-refractivity contribution in [1.82, 2.24) is 4.98 Å². The van der Waals surface area contributed by atoms with Crippen LogP contribution in [-0.2, 0) is 0 Å². The average Bonchev–Trinajstić information content (AvgIpc) is 2.29. The van der Waals surface area contributed by atoms with E-state index in [1.165, 1.54) is 12.1 Å². The Hall–Kier alpha value is -1.94. The fourth-order valence-corrected chi connectivity index (χ4v) is 1.53. The van der Waals surface area contributed by atoms with E-state index < -0.39 is 4.92 Å². The molecule has 0 bridgehead atoms. The molecule has 0 spiro atoms. The summed E-state index contributed by atoms with van der Waals surface area (Å²) < 4.78 is 0. The molecular weight excluding hydrogens is 228 g/mol. The summed E-state index contributed by atoms with van der Waals surface area (Å²) in [4.78, 5) is 13.9. The normalized spacial score (nSPS) is 10.1. The highest BCUT2D eigenvalue weighted by molar-refractivity contribution is 6.29. The number of aromatic nitrogens is 1. The van der Waals surface area contributed by atoms with Crippen LogP contribution in [0.4, 0.5) is 5.69 Å². The predicted octanol–water partition coefficient (Wildman–Crippen LogP) is 3.31. The number of rotatable bonds is 2. The van der Waals surface area contributed by atoms with Crippen LogP contribution >= 0.6 is 11.6 Å². The molecule has 4 nitrogen and oxygen atoms in total. The number of benzene rings is 1. The molecule has 0 atom stereocenters. The molecule has 0 aliphatic rings. The second-order valence-electron chi connectivity index (χ2n) is 3.17. The van der Waals surface area contributed by atoms with E-state index in [9.17, 15) is 10.1 Å². The Kier molecular flexibility index (Phi) is 2.83. The molecule has 5 heteroatoms. The van der Waals surface area contributed by atoms with Gasteiger partial charge < -0.3 is 0 Å². The fraction of sp³-hybridized carbons (Fsp3) is 0. The van der Waals surface area contributed by atoms with Gasteiger partial charge in [-0.1, -0.05) is 11.6 Å². The Bertz CT molecular complexity index is 526. The molecule has 1 aromatic carbocycles. The van der Waals surface area contributed by atoms with E-state index in [2.05, 4.69) is 4.98 Å². The van der Waals surface area contributed by atoms with Crippen LogP contribution < -0.4 is 0 Å². The largest absolute Gasteiger partial charge is 0.269 e. The van der Waals surface area contributed by atoms with Crippen LogP contribution in [-0.4, -0.2) is 9.91 Å². The smallest absolute Gasteiger partial charge is 0.258 e. The van der Waals surface area contributed by atoms with Crippen LogP contribution in [0, 0.1) is 10.1 Å². The summed E-state index contributed by atoms with van der Waals surface area (Å²) in [6.07, 6.45) is 1.60. The van der Waals surface area contributed by atoms with E-state index in [0.29, 0.717) is 5.15 Å². The summed E-state index contributed by atoms with van der Waals surface area (Å²) >= 11 is 5.76. The number of nitro benzene ring substituents is 1. The third-order valence-corrected chi connectivity index (χ3v) is 2.34. The lowest BCUT2D eigenvalue weighted by molar-refractivity contribution is -0.384. The van der Waals surface area contributed by atoms with E-state index >= 15 is 0 Å². The first-order chi connectivity index (χ1) is 7.66. The maximum Gasteiger partial charge on any atom is 0.269 e. The van der Waals surface area contributed by atoms with Gasteiger partial charge in [-0.15, -0.1) is 0 Å². The Morgan fingerprint density at radius 2 is 1.81 bits per heavy atom. The molecule has 0 fully saturated rings. The van der Waals surface area contributed by atoms with Crippen molar-refractivity contribution < 1.29 is 4.92 Å². The highest BCUT2D eigenvalue weighted by atomic mass is 35.5. The zero-order chi connectivity index (χ0) is 11.5. The zero-order valence-electron chi connectivity index (χ0n) is 8.13. The topological polar surface area (TPSA) is 56.0 Å². The highest BCUT2D eigenvalue weighted by Crippen LogP contribution is 2.23. The number of pyridine rings is 1. The zero-order valence-corrected chi connectivity index (χ0v) is 8.89. The van der Waals surface area contributed by atoms with Crippen molar-refractivity contribution in [3.05, 3.63) is 57.9 Å². The Morgan fingerprint density at radius 3 is 2.38 bits per heavy atom. The predicted molar refractivity (Wildman–Crippen MR) is 61.3 cm³/mol. The van der Waals surface area contributed by atoms with Gasteiger partial charge >= 0.3 is 0 Å². The molecule has 0 N–H and O–H groups in total. The van der Waals surface area contributed by atoms with Gasteiger partial charge in [-0.25, -0.2) is 4.98 Å². The first kappa shape index (κ1) is 10.6. The Balaban J connectivity index is 2.38. The maximum absolute atomic E-state index is 10.5. The van der Waals surface area contributed by atoms with Crippen molar-refractivity contribution in [1.29, 1.82) is 0 Å². The number of hydrogen-bond donors (Lipinski definition) is 0. The average molecular weight is 235 g/mol. The van der Waals surface area contributed by atoms with Crippen molar-refractivity contribution in [2.24, 2.45) is 0 Å². The minimum Gasteiger partial charge on any atom is -0.258 e. The first-order valence-electron chi connectivity index (χ1n) is 4.53. The molecule has 0 saturated carbocycles. The third-order valence-electron chi connectivity index (χ3n) is 2.14. The molecule has 1 aromatic heterocycles. The van der Waals surface area contributed by atoms with Gasteiger partial charge in [0.15, 0.2) is 0 Å². The van der Waals surface area contributed by atoms with Crippen LogP contribution in [0.25, 0.3) is 11.1 Å². The number of hydrogen-bond acceptors (Lipinski definition) is 3. The van der Waals surface area contributed by atoms with Crippen LogP contribution in [0.5, 0.6) is 0 Å². The van der Waals surface area contributed by atoms with E-state index in [0.717, 1.165) is 11.1 Å². The van der Waals surface area contributed by atoms with E-state index in [-0.39, 0.29) is 5.69 Å². The summed E-state index contributed by atoms with van der Waals surface area (Å²) in [5.41, 5.74) is 1.83. The van der Waals surface area contributed by atoms with Crippen molar-refractivity contribution in [2.45, 2.75) is 0 Å². The second-order valence-corrected chi connectivity index (χ2v) is 3.56. The van der Waals surface area contributed by atoms with Crippen LogP contribution in [0.2, 0.25) is 5.15 Å². The van der Waals surface area contributed by atoms with Gasteiger partial charge in [0, 0.05) is 18.3 Å². The maximum atomic E-state index is 10.5. The fourth-order valence-electron chi connectivity index (χ4n) is 1.36. The molecule has 0 unspecified atom stereocenters. The lowest BCUT2D eigenvalue weighted by atomic mass is 10.1.